The summed E-state index contributed by atoms with van der Waals surface area (Å²) in [5, 5.41) is 0. The van der Waals surface area contributed by atoms with Crippen molar-refractivity contribution in [2.45, 2.75) is 0 Å². The summed E-state index contributed by atoms with van der Waals surface area (Å²) in [6, 6.07) is 0. The van der Waals surface area contributed by atoms with E-state index >= 15 is 0 Å². The molecule has 6 heavy (non-hydrogen) atoms. The standard InChI is InChI=1S/Cr.5HI/h;5*1H/q+5;;;;;/p-5. The van der Waals surface area contributed by atoms with Gasteiger partial charge in [0.05, 0.1) is 0 Å². The summed E-state index contributed by atoms with van der Waals surface area (Å²) in [4.78, 5) is 0. The van der Waals surface area contributed by atoms with Crippen molar-refractivity contribution in [3.63, 3.8) is 0 Å². The third-order valence-electron chi connectivity index (χ3n) is 0. The van der Waals surface area contributed by atoms with Crippen LogP contribution in [-0.4, -0.2) is 0 Å². The molecule has 0 radical (unpaired) electrons. The van der Waals surface area contributed by atoms with E-state index in [1.165, 1.54) is 0 Å². The maximum atomic E-state index is 2.53. The van der Waals surface area contributed by atoms with Crippen LogP contribution in [-0.2, 0) is -4.41 Å². The van der Waals surface area contributed by atoms with E-state index in [2.05, 4.69) is 101 Å². The van der Waals surface area contributed by atoms with Crippen LogP contribution in [0.15, 0.2) is 0 Å². The van der Waals surface area contributed by atoms with Crippen molar-refractivity contribution in [1.82, 2.24) is 0 Å². The second-order valence-electron chi connectivity index (χ2n) is 0.583. The Balaban J connectivity index is 3.73. The van der Waals surface area contributed by atoms with Crippen LogP contribution in [0.5, 0.6) is 0 Å². The number of hydrogen-bond donors (Lipinski definition) is 0. The van der Waals surface area contributed by atoms with E-state index in [1.807, 2.05) is 0 Å². The van der Waals surface area contributed by atoms with Gasteiger partial charge in [-0.25, -0.2) is 0 Å². The minimum atomic E-state index is -1.53. The van der Waals surface area contributed by atoms with Gasteiger partial charge in [-0.3, -0.25) is 0 Å². The Hall–Kier alpha value is 4.18. The van der Waals surface area contributed by atoms with Crippen LogP contribution >= 0.6 is 101 Å². The first-order chi connectivity index (χ1) is 2.24. The molecule has 0 aliphatic heterocycles. The molecule has 0 amide bonds. The average molecular weight is 687 g/mol. The number of rotatable bonds is 0. The molecule has 0 saturated heterocycles. The first-order valence-corrected chi connectivity index (χ1v) is 21.3. The zero-order valence-electron chi connectivity index (χ0n) is 2.30. The fourth-order valence-electron chi connectivity index (χ4n) is 0. The first-order valence-electron chi connectivity index (χ1n) is 0.772. The quantitative estimate of drug-likeness (QED) is 0.332. The monoisotopic (exact) mass is 686 g/mol. The van der Waals surface area contributed by atoms with Crippen molar-refractivity contribution in [3.05, 3.63) is 0 Å². The summed E-state index contributed by atoms with van der Waals surface area (Å²) < 4.78 is -1.53. The summed E-state index contributed by atoms with van der Waals surface area (Å²) >= 11 is 12.6. The maximum absolute atomic E-state index is 2.53. The molecule has 0 bridgehead atoms. The van der Waals surface area contributed by atoms with Gasteiger partial charge in [0.25, 0.3) is 0 Å². The van der Waals surface area contributed by atoms with Gasteiger partial charge in [-0.2, -0.15) is 0 Å². The molecule has 0 aromatic carbocycles. The van der Waals surface area contributed by atoms with Gasteiger partial charge in [0.2, 0.25) is 0 Å². The topological polar surface area (TPSA) is 0 Å². The van der Waals surface area contributed by atoms with Crippen LogP contribution in [0.4, 0.5) is 0 Å². The molecule has 41 valence electrons. The van der Waals surface area contributed by atoms with E-state index in [1.54, 1.807) is 0 Å². The van der Waals surface area contributed by atoms with E-state index in [9.17, 15) is 0 Å². The van der Waals surface area contributed by atoms with Crippen molar-refractivity contribution >= 4 is 101 Å². The zero-order chi connectivity index (χ0) is 5.45. The molecule has 0 saturated carbocycles. The van der Waals surface area contributed by atoms with Gasteiger partial charge in [-0.05, 0) is 0 Å². The van der Waals surface area contributed by atoms with Crippen LogP contribution in [0.1, 0.15) is 0 Å². The molecule has 0 aliphatic carbocycles. The predicted molar refractivity (Wildman–Crippen MR) is 70.1 cm³/mol. The van der Waals surface area contributed by atoms with Gasteiger partial charge in [-0.1, -0.05) is 0 Å². The first kappa shape index (κ1) is 10.2. The summed E-state index contributed by atoms with van der Waals surface area (Å²) in [6.07, 6.45) is 0. The van der Waals surface area contributed by atoms with E-state index in [0.717, 1.165) is 0 Å². The van der Waals surface area contributed by atoms with Crippen molar-refractivity contribution < 1.29 is -4.41 Å². The molecule has 0 aromatic heterocycles. The van der Waals surface area contributed by atoms with Crippen LogP contribution in [0.3, 0.4) is 0 Å². The third kappa shape index (κ3) is 24.1. The van der Waals surface area contributed by atoms with Crippen LogP contribution < -0.4 is 0 Å². The third-order valence-corrected chi connectivity index (χ3v) is 0. The molecule has 0 aromatic rings. The molecule has 0 rings (SSSR count). The van der Waals surface area contributed by atoms with Gasteiger partial charge in [0.1, 0.15) is 0 Å². The normalized spacial score (nSPS) is 19.2. The number of hydrogen-bond acceptors (Lipinski definition) is 0. The molecule has 0 nitrogen and oxygen atoms in total. The Labute approximate surface area is 93.7 Å². The molecule has 0 unspecified atom stereocenters. The molecule has 0 heterocycles. The van der Waals surface area contributed by atoms with E-state index < -0.39 is -4.41 Å². The predicted octanol–water partition coefficient (Wildman–Crippen LogP) is 4.43. The second-order valence-corrected chi connectivity index (χ2v) is 108. The Bertz CT molecular complexity index is 37.1. The van der Waals surface area contributed by atoms with E-state index in [-0.39, 0.29) is 0 Å². The second kappa shape index (κ2) is 3.06. The fourth-order valence-corrected chi connectivity index (χ4v) is 0. The average Bonchev–Trinajstić information content (AvgIpc) is 0.650. The van der Waals surface area contributed by atoms with Gasteiger partial charge in [-0.15, -0.1) is 0 Å². The molecule has 0 fully saturated rings. The number of halogens is 5. The van der Waals surface area contributed by atoms with E-state index in [4.69, 9.17) is 0 Å². The minimum absolute atomic E-state index is 1.53. The summed E-state index contributed by atoms with van der Waals surface area (Å²) in [6.45, 7) is 0. The molecule has 0 aliphatic rings. The summed E-state index contributed by atoms with van der Waals surface area (Å²) in [7, 11) is 0. The Morgan fingerprint density at radius 3 is 0.667 bits per heavy atom. The fraction of sp³-hybridized carbons (Fsp3) is 0. The van der Waals surface area contributed by atoms with Crippen LogP contribution in [0.2, 0.25) is 0 Å². The Kier molecular flexibility index (Phi) is 5.19. The van der Waals surface area contributed by atoms with Gasteiger partial charge >= 0.3 is 97.0 Å². The van der Waals surface area contributed by atoms with E-state index in [0.29, 0.717) is 0 Å². The van der Waals surface area contributed by atoms with Gasteiger partial charge in [0.15, 0.2) is 0 Å². The molecule has 0 spiro atoms. The van der Waals surface area contributed by atoms with Crippen molar-refractivity contribution in [1.29, 1.82) is 0 Å². The molecule has 6 heteroatoms. The van der Waals surface area contributed by atoms with Gasteiger partial charge in [0, 0.05) is 0 Å². The zero-order valence-corrected chi connectivity index (χ0v) is 14.4. The molecule has 0 atom stereocenters. The Morgan fingerprint density at radius 2 is 0.667 bits per heavy atom. The van der Waals surface area contributed by atoms with Crippen LogP contribution in [0.25, 0.3) is 0 Å². The van der Waals surface area contributed by atoms with Gasteiger partial charge < -0.3 is 0 Å². The van der Waals surface area contributed by atoms with Crippen molar-refractivity contribution in [3.8, 4) is 0 Å². The summed E-state index contributed by atoms with van der Waals surface area (Å²) in [5.41, 5.74) is 0. The summed E-state index contributed by atoms with van der Waals surface area (Å²) in [5.74, 6) is 0. The van der Waals surface area contributed by atoms with Crippen molar-refractivity contribution in [2.75, 3.05) is 0 Å². The Morgan fingerprint density at radius 1 is 0.667 bits per heavy atom. The molecule has 0 N–H and O–H groups in total. The molecular weight excluding hydrogens is 687 g/mol. The van der Waals surface area contributed by atoms with Crippen molar-refractivity contribution in [2.24, 2.45) is 0 Å². The SMILES string of the molecule is [I][Cr]([I])([I])([I])[I]. The molecular formula is CrI5. The van der Waals surface area contributed by atoms with Crippen LogP contribution in [0, 0.1) is 0 Å².